The molecule has 0 spiro atoms. The third-order valence-corrected chi connectivity index (χ3v) is 1.93. The average molecular weight is 218 g/mol. The molecule has 0 aliphatic carbocycles. The largest absolute Gasteiger partial charge is 0.382 e. The van der Waals surface area contributed by atoms with Crippen molar-refractivity contribution in [2.24, 2.45) is 5.73 Å². The molecule has 3 N–H and O–H groups in total. The number of carbonyl (C=O) groups excluding carboxylic acids is 1. The van der Waals surface area contributed by atoms with E-state index >= 15 is 0 Å². The molecule has 5 nitrogen and oxygen atoms in total. The minimum Gasteiger partial charge on any atom is -0.382 e. The molecule has 0 aromatic carbocycles. The van der Waals surface area contributed by atoms with Gasteiger partial charge in [-0.25, -0.2) is 0 Å². The van der Waals surface area contributed by atoms with Crippen LogP contribution in [0.1, 0.15) is 20.3 Å². The van der Waals surface area contributed by atoms with Gasteiger partial charge in [-0.2, -0.15) is 0 Å². The fourth-order valence-electron chi connectivity index (χ4n) is 1.10. The maximum atomic E-state index is 11.0. The molecule has 0 aliphatic heterocycles. The Balaban J connectivity index is 3.79. The highest BCUT2D eigenvalue weighted by atomic mass is 16.5. The van der Waals surface area contributed by atoms with Crippen LogP contribution in [0.2, 0.25) is 0 Å². The fourth-order valence-corrected chi connectivity index (χ4v) is 1.10. The first-order valence-electron chi connectivity index (χ1n) is 5.25. The van der Waals surface area contributed by atoms with Gasteiger partial charge in [0.25, 0.3) is 0 Å². The first-order chi connectivity index (χ1) is 7.11. The van der Waals surface area contributed by atoms with E-state index in [0.717, 1.165) is 13.0 Å². The Hall–Kier alpha value is -0.650. The lowest BCUT2D eigenvalue weighted by atomic mass is 10.3. The maximum Gasteiger partial charge on any atom is 0.236 e. The number of methoxy groups -OCH3 is 1. The van der Waals surface area contributed by atoms with Gasteiger partial charge >= 0.3 is 0 Å². The van der Waals surface area contributed by atoms with E-state index in [1.807, 2.05) is 13.8 Å². The van der Waals surface area contributed by atoms with E-state index in [-0.39, 0.29) is 12.0 Å². The van der Waals surface area contributed by atoms with Crippen molar-refractivity contribution in [3.8, 4) is 0 Å². The van der Waals surface area contributed by atoms with Gasteiger partial charge < -0.3 is 20.5 Å². The number of hydrogen-bond acceptors (Lipinski definition) is 4. The Bertz CT molecular complexity index is 176. The van der Waals surface area contributed by atoms with Crippen molar-refractivity contribution < 1.29 is 14.3 Å². The topological polar surface area (TPSA) is 73.6 Å². The van der Waals surface area contributed by atoms with Gasteiger partial charge in [0.05, 0.1) is 19.3 Å². The Morgan fingerprint density at radius 3 is 2.60 bits per heavy atom. The van der Waals surface area contributed by atoms with Crippen molar-refractivity contribution in [2.45, 2.75) is 32.4 Å². The highest BCUT2D eigenvalue weighted by Crippen LogP contribution is 1.94. The Morgan fingerprint density at radius 2 is 2.13 bits per heavy atom. The Morgan fingerprint density at radius 1 is 1.47 bits per heavy atom. The van der Waals surface area contributed by atoms with Crippen LogP contribution in [-0.2, 0) is 14.3 Å². The molecule has 0 rings (SSSR count). The molecule has 1 amide bonds. The minimum absolute atomic E-state index is 0.0275. The quantitative estimate of drug-likeness (QED) is 0.566. The summed E-state index contributed by atoms with van der Waals surface area (Å²) in [6, 6.07) is -0.413. The van der Waals surface area contributed by atoms with Crippen molar-refractivity contribution in [1.29, 1.82) is 0 Å². The van der Waals surface area contributed by atoms with Gasteiger partial charge in [0.2, 0.25) is 5.91 Å². The predicted molar refractivity (Wildman–Crippen MR) is 58.6 cm³/mol. The van der Waals surface area contributed by atoms with Crippen LogP contribution in [0.15, 0.2) is 0 Å². The van der Waals surface area contributed by atoms with Gasteiger partial charge in [-0.15, -0.1) is 0 Å². The molecule has 0 aromatic rings. The first kappa shape index (κ1) is 14.3. The van der Waals surface area contributed by atoms with Crippen molar-refractivity contribution in [3.05, 3.63) is 0 Å². The number of hydrogen-bond donors (Lipinski definition) is 2. The number of nitrogens with one attached hydrogen (secondary N) is 1. The maximum absolute atomic E-state index is 11.0. The van der Waals surface area contributed by atoms with E-state index in [1.165, 1.54) is 0 Å². The molecule has 0 saturated carbocycles. The van der Waals surface area contributed by atoms with Crippen LogP contribution in [0.25, 0.3) is 0 Å². The normalized spacial score (nSPS) is 14.9. The summed E-state index contributed by atoms with van der Waals surface area (Å²) in [4.78, 5) is 11.0. The fraction of sp³-hybridized carbons (Fsp3) is 0.900. The molecule has 0 bridgehead atoms. The number of rotatable bonds is 9. The van der Waals surface area contributed by atoms with E-state index < -0.39 is 6.04 Å². The minimum atomic E-state index is -0.413. The molecule has 2 atom stereocenters. The molecule has 0 saturated heterocycles. The van der Waals surface area contributed by atoms with Gasteiger partial charge in [-0.1, -0.05) is 6.92 Å². The molecule has 0 aromatic heterocycles. The second-order valence-electron chi connectivity index (χ2n) is 3.51. The molecule has 0 fully saturated rings. The van der Waals surface area contributed by atoms with Crippen LogP contribution < -0.4 is 11.1 Å². The lowest BCUT2D eigenvalue weighted by Gasteiger charge is -2.18. The standard InChI is InChI=1S/C10H22N2O3/c1-4-5-12-9(10(11)13)7-15-8(2)6-14-3/h8-9,12H,4-7H2,1-3H3,(H2,11,13). The third-order valence-electron chi connectivity index (χ3n) is 1.93. The molecule has 0 aliphatic rings. The summed E-state index contributed by atoms with van der Waals surface area (Å²) in [5, 5.41) is 3.03. The zero-order valence-corrected chi connectivity index (χ0v) is 9.79. The summed E-state index contributed by atoms with van der Waals surface area (Å²) in [6.45, 7) is 5.48. The van der Waals surface area contributed by atoms with Gasteiger partial charge in [0, 0.05) is 7.11 Å². The molecule has 2 unspecified atom stereocenters. The summed E-state index contributed by atoms with van der Waals surface area (Å²) in [6.07, 6.45) is 0.928. The number of ether oxygens (including phenoxy) is 2. The number of primary amides is 1. The number of nitrogens with two attached hydrogens (primary N) is 1. The molecule has 15 heavy (non-hydrogen) atoms. The molecule has 0 radical (unpaired) electrons. The number of amides is 1. The van der Waals surface area contributed by atoms with E-state index in [0.29, 0.717) is 13.2 Å². The smallest absolute Gasteiger partial charge is 0.236 e. The highest BCUT2D eigenvalue weighted by Gasteiger charge is 2.15. The van der Waals surface area contributed by atoms with Gasteiger partial charge in [0.15, 0.2) is 0 Å². The van der Waals surface area contributed by atoms with Crippen molar-refractivity contribution in [3.63, 3.8) is 0 Å². The Labute approximate surface area is 91.3 Å². The Kier molecular flexibility index (Phi) is 8.27. The zero-order chi connectivity index (χ0) is 11.7. The molecule has 90 valence electrons. The lowest BCUT2D eigenvalue weighted by molar-refractivity contribution is -0.122. The molecule has 0 heterocycles. The second kappa shape index (κ2) is 8.64. The summed E-state index contributed by atoms with van der Waals surface area (Å²) in [7, 11) is 1.61. The first-order valence-corrected chi connectivity index (χ1v) is 5.25. The summed E-state index contributed by atoms with van der Waals surface area (Å²) < 4.78 is 10.3. The lowest BCUT2D eigenvalue weighted by Crippen LogP contribution is -2.45. The SMILES string of the molecule is CCCNC(COC(C)COC)C(N)=O. The van der Waals surface area contributed by atoms with E-state index in [9.17, 15) is 4.79 Å². The molecule has 5 heteroatoms. The van der Waals surface area contributed by atoms with Gasteiger partial charge in [0.1, 0.15) is 6.04 Å². The average Bonchev–Trinajstić information content (AvgIpc) is 2.17. The van der Waals surface area contributed by atoms with E-state index in [2.05, 4.69) is 5.32 Å². The van der Waals surface area contributed by atoms with Crippen molar-refractivity contribution >= 4 is 5.91 Å². The second-order valence-corrected chi connectivity index (χ2v) is 3.51. The molecular formula is C10H22N2O3. The van der Waals surface area contributed by atoms with Crippen LogP contribution in [0.3, 0.4) is 0 Å². The van der Waals surface area contributed by atoms with Crippen LogP contribution in [0.5, 0.6) is 0 Å². The van der Waals surface area contributed by atoms with Crippen LogP contribution in [0.4, 0.5) is 0 Å². The molecular weight excluding hydrogens is 196 g/mol. The van der Waals surface area contributed by atoms with Crippen LogP contribution in [0, 0.1) is 0 Å². The number of carbonyl (C=O) groups is 1. The predicted octanol–water partition coefficient (Wildman–Crippen LogP) is -0.109. The zero-order valence-electron chi connectivity index (χ0n) is 9.79. The van der Waals surface area contributed by atoms with Crippen LogP contribution in [-0.4, -0.2) is 44.9 Å². The van der Waals surface area contributed by atoms with Gasteiger partial charge in [-0.3, -0.25) is 4.79 Å². The monoisotopic (exact) mass is 218 g/mol. The summed E-state index contributed by atoms with van der Waals surface area (Å²) in [5.41, 5.74) is 5.22. The van der Waals surface area contributed by atoms with E-state index in [4.69, 9.17) is 15.2 Å². The summed E-state index contributed by atoms with van der Waals surface area (Å²) in [5.74, 6) is -0.381. The third kappa shape index (κ3) is 7.30. The van der Waals surface area contributed by atoms with E-state index in [1.54, 1.807) is 7.11 Å². The summed E-state index contributed by atoms with van der Waals surface area (Å²) >= 11 is 0. The van der Waals surface area contributed by atoms with Gasteiger partial charge in [-0.05, 0) is 19.9 Å². The van der Waals surface area contributed by atoms with Crippen molar-refractivity contribution in [1.82, 2.24) is 5.32 Å². The highest BCUT2D eigenvalue weighted by molar-refractivity contribution is 5.79. The van der Waals surface area contributed by atoms with Crippen molar-refractivity contribution in [2.75, 3.05) is 26.9 Å². The van der Waals surface area contributed by atoms with Crippen LogP contribution >= 0.6 is 0 Å².